The molecule has 3 aromatic rings. The number of rotatable bonds is 3. The Hall–Kier alpha value is -1.93. The molecule has 19 heavy (non-hydrogen) atoms. The van der Waals surface area contributed by atoms with Gasteiger partial charge in [0.15, 0.2) is 12.7 Å². The third-order valence-electron chi connectivity index (χ3n) is 3.17. The number of aromatic nitrogens is 1. The predicted octanol–water partition coefficient (Wildman–Crippen LogP) is 4.06. The number of benzene rings is 2. The molecular weight excluding hydrogens is 250 g/mol. The second kappa shape index (κ2) is 5.37. The molecule has 0 amide bonds. The summed E-state index contributed by atoms with van der Waals surface area (Å²) < 4.78 is 2.30. The maximum Gasteiger partial charge on any atom is 0.192 e. The van der Waals surface area contributed by atoms with Crippen molar-refractivity contribution in [1.29, 1.82) is 0 Å². The molecule has 0 bridgehead atoms. The lowest BCUT2D eigenvalue weighted by atomic mass is 10.1. The largest absolute Gasteiger partial charge is 0.192 e. The van der Waals surface area contributed by atoms with Gasteiger partial charge in [0, 0.05) is 5.56 Å². The minimum Gasteiger partial charge on any atom is -0.136 e. The van der Waals surface area contributed by atoms with Gasteiger partial charge in [0.05, 0.1) is 10.4 Å². The molecular formula is C17H16NS+. The molecule has 0 aliphatic carbocycles. The van der Waals surface area contributed by atoms with E-state index in [0.29, 0.717) is 0 Å². The van der Waals surface area contributed by atoms with Crippen LogP contribution in [0.25, 0.3) is 11.1 Å². The highest BCUT2D eigenvalue weighted by Crippen LogP contribution is 2.24. The number of nitrogens with zero attached hydrogens (tertiary/aromatic N) is 1. The van der Waals surface area contributed by atoms with Crippen molar-refractivity contribution in [3.63, 3.8) is 0 Å². The highest BCUT2D eigenvalue weighted by atomic mass is 32.1. The van der Waals surface area contributed by atoms with Gasteiger partial charge in [0.25, 0.3) is 0 Å². The minimum atomic E-state index is 0.944. The molecule has 94 valence electrons. The van der Waals surface area contributed by atoms with Crippen molar-refractivity contribution < 1.29 is 3.96 Å². The van der Waals surface area contributed by atoms with Gasteiger partial charge in [-0.05, 0) is 12.5 Å². The lowest BCUT2D eigenvalue weighted by Crippen LogP contribution is -2.27. The molecule has 0 unspecified atom stereocenters. The van der Waals surface area contributed by atoms with E-state index in [9.17, 15) is 0 Å². The molecule has 0 aliphatic rings. The molecule has 1 nitrogen and oxygen atoms in total. The third-order valence-corrected chi connectivity index (χ3v) is 4.14. The molecule has 1 aromatic heterocycles. The lowest BCUT2D eigenvalue weighted by molar-refractivity contribution is -0.618. The molecule has 2 aromatic carbocycles. The van der Waals surface area contributed by atoms with Crippen molar-refractivity contribution in [3.8, 4) is 11.1 Å². The van der Waals surface area contributed by atoms with Crippen molar-refractivity contribution in [2.24, 2.45) is 0 Å². The first-order valence-corrected chi connectivity index (χ1v) is 7.20. The molecule has 2 heteroatoms. The molecule has 0 saturated heterocycles. The fourth-order valence-electron chi connectivity index (χ4n) is 2.22. The van der Waals surface area contributed by atoms with E-state index in [4.69, 9.17) is 0 Å². The summed E-state index contributed by atoms with van der Waals surface area (Å²) in [6.45, 7) is 3.13. The van der Waals surface area contributed by atoms with Crippen LogP contribution < -0.4 is 3.96 Å². The van der Waals surface area contributed by atoms with Gasteiger partial charge < -0.3 is 0 Å². The molecule has 0 aliphatic heterocycles. The van der Waals surface area contributed by atoms with E-state index in [-0.39, 0.29) is 0 Å². The van der Waals surface area contributed by atoms with Crippen LogP contribution in [-0.4, -0.2) is 0 Å². The highest BCUT2D eigenvalue weighted by molar-refractivity contribution is 7.02. The van der Waals surface area contributed by atoms with Crippen LogP contribution in [0.2, 0.25) is 0 Å². The Morgan fingerprint density at radius 1 is 0.895 bits per heavy atom. The summed E-state index contributed by atoms with van der Waals surface area (Å²) in [7, 11) is 0. The zero-order chi connectivity index (χ0) is 13.1. The van der Waals surface area contributed by atoms with Crippen LogP contribution in [0.1, 0.15) is 10.4 Å². The van der Waals surface area contributed by atoms with Crippen LogP contribution in [0.3, 0.4) is 0 Å². The maximum absolute atomic E-state index is 2.30. The van der Waals surface area contributed by atoms with Gasteiger partial charge in [0.1, 0.15) is 11.5 Å². The summed E-state index contributed by atoms with van der Waals surface area (Å²) in [5, 5.41) is 0. The van der Waals surface area contributed by atoms with E-state index in [1.807, 2.05) is 11.5 Å². The smallest absolute Gasteiger partial charge is 0.136 e. The first-order chi connectivity index (χ1) is 9.33. The number of aryl methyl sites for hydroxylation is 1. The monoisotopic (exact) mass is 266 g/mol. The first kappa shape index (κ1) is 12.1. The van der Waals surface area contributed by atoms with E-state index in [1.165, 1.54) is 21.6 Å². The maximum atomic E-state index is 2.30. The highest BCUT2D eigenvalue weighted by Gasteiger charge is 2.14. The van der Waals surface area contributed by atoms with Crippen LogP contribution in [0, 0.1) is 6.92 Å². The van der Waals surface area contributed by atoms with E-state index in [1.54, 1.807) is 0 Å². The summed E-state index contributed by atoms with van der Waals surface area (Å²) in [5.41, 5.74) is 3.97. The van der Waals surface area contributed by atoms with Crippen molar-refractivity contribution in [3.05, 3.63) is 77.3 Å². The second-order valence-corrected chi connectivity index (χ2v) is 5.88. The van der Waals surface area contributed by atoms with Gasteiger partial charge in [-0.15, -0.1) is 3.96 Å². The van der Waals surface area contributed by atoms with Gasteiger partial charge in [-0.1, -0.05) is 60.7 Å². The second-order valence-electron chi connectivity index (χ2n) is 4.62. The zero-order valence-electron chi connectivity index (χ0n) is 10.9. The van der Waals surface area contributed by atoms with Crippen LogP contribution >= 0.6 is 11.5 Å². The molecule has 0 N–H and O–H groups in total. The molecule has 0 spiro atoms. The van der Waals surface area contributed by atoms with Gasteiger partial charge in [0.2, 0.25) is 0 Å². The Morgan fingerprint density at radius 3 is 2.21 bits per heavy atom. The van der Waals surface area contributed by atoms with Crippen LogP contribution in [-0.2, 0) is 6.54 Å². The predicted molar refractivity (Wildman–Crippen MR) is 80.2 cm³/mol. The molecule has 0 saturated carbocycles. The first-order valence-electron chi connectivity index (χ1n) is 6.42. The summed E-state index contributed by atoms with van der Waals surface area (Å²) >= 11 is 1.82. The van der Waals surface area contributed by atoms with E-state index < -0.39 is 0 Å². The standard InChI is InChI=1S/C17H16NS/c1-14-17(16-10-6-3-7-11-16)13-18(19-14)12-15-8-4-2-5-9-15/h2-11,13H,12H2,1H3/q+1. The van der Waals surface area contributed by atoms with Gasteiger partial charge in [-0.2, -0.15) is 0 Å². The van der Waals surface area contributed by atoms with Gasteiger partial charge in [-0.25, -0.2) is 0 Å². The lowest BCUT2D eigenvalue weighted by Gasteiger charge is -1.94. The van der Waals surface area contributed by atoms with Crippen molar-refractivity contribution in [2.75, 3.05) is 0 Å². The van der Waals surface area contributed by atoms with E-state index in [2.05, 4.69) is 77.7 Å². The quantitative estimate of drug-likeness (QED) is 0.629. The Kier molecular flexibility index (Phi) is 3.43. The van der Waals surface area contributed by atoms with Crippen LogP contribution in [0.4, 0.5) is 0 Å². The molecule has 0 atom stereocenters. The fourth-order valence-corrected chi connectivity index (χ4v) is 3.22. The van der Waals surface area contributed by atoms with Crippen molar-refractivity contribution in [2.45, 2.75) is 13.5 Å². The average molecular weight is 266 g/mol. The Balaban J connectivity index is 1.90. The van der Waals surface area contributed by atoms with Gasteiger partial charge in [-0.3, -0.25) is 0 Å². The normalized spacial score (nSPS) is 10.6. The van der Waals surface area contributed by atoms with E-state index in [0.717, 1.165) is 6.54 Å². The minimum absolute atomic E-state index is 0.944. The molecule has 1 heterocycles. The Labute approximate surface area is 117 Å². The van der Waals surface area contributed by atoms with E-state index >= 15 is 0 Å². The average Bonchev–Trinajstić information content (AvgIpc) is 2.82. The SMILES string of the molecule is Cc1s[n+](Cc2ccccc2)cc1-c1ccccc1. The Morgan fingerprint density at radius 2 is 1.53 bits per heavy atom. The van der Waals surface area contributed by atoms with Gasteiger partial charge >= 0.3 is 0 Å². The summed E-state index contributed by atoms with van der Waals surface area (Å²) in [5.74, 6) is 0. The van der Waals surface area contributed by atoms with Crippen molar-refractivity contribution >= 4 is 11.5 Å². The molecule has 0 fully saturated rings. The topological polar surface area (TPSA) is 3.88 Å². The summed E-state index contributed by atoms with van der Waals surface area (Å²) in [4.78, 5) is 1.36. The van der Waals surface area contributed by atoms with Crippen LogP contribution in [0.15, 0.2) is 66.9 Å². The summed E-state index contributed by atoms with van der Waals surface area (Å²) in [6.07, 6.45) is 2.25. The molecule has 3 rings (SSSR count). The summed E-state index contributed by atoms with van der Waals surface area (Å²) in [6, 6.07) is 21.2. The van der Waals surface area contributed by atoms with Crippen molar-refractivity contribution in [1.82, 2.24) is 0 Å². The van der Waals surface area contributed by atoms with Crippen LogP contribution in [0.5, 0.6) is 0 Å². The molecule has 0 radical (unpaired) electrons. The number of hydrogen-bond donors (Lipinski definition) is 0. The Bertz CT molecular complexity index is 656. The fraction of sp³-hybridized carbons (Fsp3) is 0.118. The third kappa shape index (κ3) is 2.74. The zero-order valence-corrected chi connectivity index (χ0v) is 11.7. The number of hydrogen-bond acceptors (Lipinski definition) is 1.